The van der Waals surface area contributed by atoms with E-state index in [1.54, 1.807) is 4.90 Å². The zero-order chi connectivity index (χ0) is 15.8. The van der Waals surface area contributed by atoms with Crippen molar-refractivity contribution in [2.45, 2.75) is 18.8 Å². The predicted molar refractivity (Wildman–Crippen MR) is 83.2 cm³/mol. The summed E-state index contributed by atoms with van der Waals surface area (Å²) in [6, 6.07) is 18.3. The summed E-state index contributed by atoms with van der Waals surface area (Å²) in [4.78, 5) is 28.2. The summed E-state index contributed by atoms with van der Waals surface area (Å²) in [6.07, 6.45) is -0.488. The third kappa shape index (κ3) is 2.29. The first-order chi connectivity index (χ1) is 11.3. The molecule has 2 fully saturated rings. The first-order valence-corrected chi connectivity index (χ1v) is 7.60. The number of imide groups is 1. The normalized spacial score (nSPS) is 23.5. The Kier molecular flexibility index (Phi) is 3.35. The molecule has 0 aromatic heterocycles. The number of urea groups is 1. The Morgan fingerprint density at radius 3 is 2.30 bits per heavy atom. The summed E-state index contributed by atoms with van der Waals surface area (Å²) >= 11 is 0. The van der Waals surface area contributed by atoms with Crippen LogP contribution in [-0.2, 0) is 16.1 Å². The van der Waals surface area contributed by atoms with Gasteiger partial charge in [-0.05, 0) is 5.56 Å². The molecule has 2 saturated heterocycles. The maximum Gasteiger partial charge on any atom is 0.330 e. The number of carbonyl (C=O) groups is 2. The number of ether oxygens (including phenoxy) is 1. The van der Waals surface area contributed by atoms with Crippen molar-refractivity contribution >= 4 is 11.9 Å². The van der Waals surface area contributed by atoms with Gasteiger partial charge >= 0.3 is 6.03 Å². The Hall–Kier alpha value is -2.66. The van der Waals surface area contributed by atoms with Crippen molar-refractivity contribution in [3.05, 3.63) is 71.8 Å². The highest BCUT2D eigenvalue weighted by atomic mass is 16.5. The van der Waals surface area contributed by atoms with Crippen LogP contribution in [0.1, 0.15) is 17.4 Å². The molecule has 3 amide bonds. The molecule has 0 spiro atoms. The summed E-state index contributed by atoms with van der Waals surface area (Å²) in [5, 5.41) is 0. The molecule has 0 N–H and O–H groups in total. The zero-order valence-corrected chi connectivity index (χ0v) is 12.5. The maximum atomic E-state index is 12.7. The topological polar surface area (TPSA) is 49.9 Å². The van der Waals surface area contributed by atoms with Crippen molar-refractivity contribution in [2.75, 3.05) is 6.61 Å². The van der Waals surface area contributed by atoms with E-state index in [0.717, 1.165) is 11.1 Å². The van der Waals surface area contributed by atoms with Crippen molar-refractivity contribution in [2.24, 2.45) is 0 Å². The average molecular weight is 308 g/mol. The van der Waals surface area contributed by atoms with Crippen molar-refractivity contribution in [3.8, 4) is 0 Å². The molecule has 1 unspecified atom stereocenters. The van der Waals surface area contributed by atoms with Gasteiger partial charge in [0.2, 0.25) is 0 Å². The predicted octanol–water partition coefficient (Wildman–Crippen LogP) is 2.55. The van der Waals surface area contributed by atoms with Gasteiger partial charge in [-0.25, -0.2) is 4.79 Å². The molecular formula is C18H16N2O3. The second-order valence-corrected chi connectivity index (χ2v) is 5.71. The van der Waals surface area contributed by atoms with Gasteiger partial charge in [0, 0.05) is 5.56 Å². The van der Waals surface area contributed by atoms with Gasteiger partial charge in [-0.15, -0.1) is 0 Å². The van der Waals surface area contributed by atoms with Crippen LogP contribution in [0.2, 0.25) is 0 Å². The lowest BCUT2D eigenvalue weighted by Gasteiger charge is -2.22. The Morgan fingerprint density at radius 2 is 1.61 bits per heavy atom. The number of hydrogen-bond acceptors (Lipinski definition) is 3. The second-order valence-electron chi connectivity index (χ2n) is 5.71. The molecule has 5 heteroatoms. The van der Waals surface area contributed by atoms with Crippen LogP contribution in [-0.4, -0.2) is 34.4 Å². The van der Waals surface area contributed by atoms with Gasteiger partial charge in [0.25, 0.3) is 5.91 Å². The monoisotopic (exact) mass is 308 g/mol. The van der Waals surface area contributed by atoms with E-state index < -0.39 is 12.3 Å². The highest BCUT2D eigenvalue weighted by Crippen LogP contribution is 2.36. The van der Waals surface area contributed by atoms with E-state index in [-0.39, 0.29) is 18.5 Å². The highest BCUT2D eigenvalue weighted by Gasteiger charge is 2.52. The Labute approximate surface area is 134 Å². The Bertz CT molecular complexity index is 732. The summed E-state index contributed by atoms with van der Waals surface area (Å²) in [5.41, 5.74) is 1.82. The molecule has 2 aromatic rings. The van der Waals surface area contributed by atoms with E-state index in [1.807, 2.05) is 60.7 Å². The highest BCUT2D eigenvalue weighted by molar-refractivity contribution is 6.04. The third-order valence-corrected chi connectivity index (χ3v) is 4.27. The molecule has 23 heavy (non-hydrogen) atoms. The average Bonchev–Trinajstić information content (AvgIpc) is 3.13. The summed E-state index contributed by atoms with van der Waals surface area (Å²) < 4.78 is 5.70. The van der Waals surface area contributed by atoms with E-state index in [2.05, 4.69) is 0 Å². The first-order valence-electron chi connectivity index (χ1n) is 7.60. The van der Waals surface area contributed by atoms with Crippen molar-refractivity contribution in [1.82, 2.24) is 9.80 Å². The molecule has 0 bridgehead atoms. The smallest absolute Gasteiger partial charge is 0.330 e. The fourth-order valence-electron chi connectivity index (χ4n) is 3.13. The van der Waals surface area contributed by atoms with Crippen LogP contribution >= 0.6 is 0 Å². The number of fused-ring (bicyclic) bond motifs is 1. The van der Waals surface area contributed by atoms with Crippen molar-refractivity contribution < 1.29 is 14.3 Å². The fourth-order valence-corrected chi connectivity index (χ4v) is 3.13. The van der Waals surface area contributed by atoms with Gasteiger partial charge in [-0.3, -0.25) is 14.6 Å². The number of nitrogens with zero attached hydrogens (tertiary/aromatic N) is 2. The van der Waals surface area contributed by atoms with Gasteiger partial charge in [0.1, 0.15) is 6.04 Å². The molecule has 2 aromatic carbocycles. The van der Waals surface area contributed by atoms with E-state index in [1.165, 1.54) is 4.90 Å². The van der Waals surface area contributed by atoms with E-state index in [4.69, 9.17) is 4.74 Å². The lowest BCUT2D eigenvalue weighted by Crippen LogP contribution is -2.34. The van der Waals surface area contributed by atoms with E-state index in [9.17, 15) is 9.59 Å². The van der Waals surface area contributed by atoms with Crippen LogP contribution in [0.15, 0.2) is 60.7 Å². The largest absolute Gasteiger partial charge is 0.351 e. The van der Waals surface area contributed by atoms with Crippen LogP contribution in [0.5, 0.6) is 0 Å². The zero-order valence-electron chi connectivity index (χ0n) is 12.5. The fraction of sp³-hybridized carbons (Fsp3) is 0.222. The van der Waals surface area contributed by atoms with Gasteiger partial charge < -0.3 is 4.74 Å². The van der Waals surface area contributed by atoms with Crippen LogP contribution in [0, 0.1) is 0 Å². The van der Waals surface area contributed by atoms with Crippen LogP contribution in [0.3, 0.4) is 0 Å². The molecule has 2 aliphatic heterocycles. The molecule has 0 saturated carbocycles. The molecule has 2 atom stereocenters. The standard InChI is InChI=1S/C18H16N2O3/c21-16-15-12-23-17(14-9-5-2-6-10-14)20(15)18(22)19(16)11-13-7-3-1-4-8-13/h1-10,15,17H,11-12H2/t15-,17?/m1/s1. The van der Waals surface area contributed by atoms with E-state index >= 15 is 0 Å². The molecule has 2 heterocycles. The molecule has 2 aliphatic rings. The third-order valence-electron chi connectivity index (χ3n) is 4.27. The Morgan fingerprint density at radius 1 is 0.957 bits per heavy atom. The lowest BCUT2D eigenvalue weighted by atomic mass is 10.2. The molecule has 4 rings (SSSR count). The SMILES string of the molecule is O=C1[C@H]2COC(c3ccccc3)N2C(=O)N1Cc1ccccc1. The number of benzene rings is 2. The molecule has 116 valence electrons. The van der Waals surface area contributed by atoms with Crippen molar-refractivity contribution in [3.63, 3.8) is 0 Å². The van der Waals surface area contributed by atoms with E-state index in [0.29, 0.717) is 6.54 Å². The van der Waals surface area contributed by atoms with Crippen LogP contribution in [0.4, 0.5) is 4.79 Å². The summed E-state index contributed by atoms with van der Waals surface area (Å²) in [5.74, 6) is -0.183. The van der Waals surface area contributed by atoms with Gasteiger partial charge in [-0.2, -0.15) is 0 Å². The maximum absolute atomic E-state index is 12.7. The number of amides is 3. The van der Waals surface area contributed by atoms with Gasteiger partial charge in [0.05, 0.1) is 13.2 Å². The molecule has 0 aliphatic carbocycles. The Balaban J connectivity index is 1.60. The minimum Gasteiger partial charge on any atom is -0.351 e. The second kappa shape index (κ2) is 5.52. The van der Waals surface area contributed by atoms with Gasteiger partial charge in [-0.1, -0.05) is 60.7 Å². The number of carbonyl (C=O) groups excluding carboxylic acids is 2. The lowest BCUT2D eigenvalue weighted by molar-refractivity contribution is -0.128. The summed E-state index contributed by atoms with van der Waals surface area (Å²) in [7, 11) is 0. The van der Waals surface area contributed by atoms with Gasteiger partial charge in [0.15, 0.2) is 6.23 Å². The first kappa shape index (κ1) is 14.0. The van der Waals surface area contributed by atoms with Crippen molar-refractivity contribution in [1.29, 1.82) is 0 Å². The molecule has 0 radical (unpaired) electrons. The number of rotatable bonds is 3. The summed E-state index contributed by atoms with van der Waals surface area (Å²) in [6.45, 7) is 0.544. The van der Waals surface area contributed by atoms with Crippen LogP contribution < -0.4 is 0 Å². The molecule has 5 nitrogen and oxygen atoms in total. The minimum atomic E-state index is -0.517. The quantitative estimate of drug-likeness (QED) is 0.819. The molecular weight excluding hydrogens is 292 g/mol. The van der Waals surface area contributed by atoms with Crippen LogP contribution in [0.25, 0.3) is 0 Å². The number of hydrogen-bond donors (Lipinski definition) is 0. The minimum absolute atomic E-state index is 0.183.